The number of sulfone groups is 1. The SMILES string of the molecule is CCS(=O)(=O)CCCC(C)(O)C=O. The van der Waals surface area contributed by atoms with Crippen LogP contribution in [0.25, 0.3) is 0 Å². The molecular weight excluding hydrogens is 192 g/mol. The average Bonchev–Trinajstić information content (AvgIpc) is 2.04. The fraction of sp³-hybridized carbons (Fsp3) is 0.875. The van der Waals surface area contributed by atoms with E-state index in [-0.39, 0.29) is 17.9 Å². The number of carbonyl (C=O) groups excluding carboxylic acids is 1. The van der Waals surface area contributed by atoms with Gasteiger partial charge in [-0.15, -0.1) is 0 Å². The van der Waals surface area contributed by atoms with Crippen molar-refractivity contribution in [3.8, 4) is 0 Å². The molecule has 0 aliphatic carbocycles. The fourth-order valence-electron chi connectivity index (χ4n) is 0.853. The highest BCUT2D eigenvalue weighted by Crippen LogP contribution is 2.09. The Bertz CT molecular complexity index is 253. The highest BCUT2D eigenvalue weighted by Gasteiger charge is 2.19. The zero-order valence-electron chi connectivity index (χ0n) is 7.99. The third-order valence-corrected chi connectivity index (χ3v) is 3.62. The third kappa shape index (κ3) is 5.76. The van der Waals surface area contributed by atoms with Crippen LogP contribution < -0.4 is 0 Å². The zero-order valence-corrected chi connectivity index (χ0v) is 8.80. The van der Waals surface area contributed by atoms with Gasteiger partial charge < -0.3 is 9.90 Å². The summed E-state index contributed by atoms with van der Waals surface area (Å²) in [5.74, 6) is 0.143. The van der Waals surface area contributed by atoms with Gasteiger partial charge >= 0.3 is 0 Å². The van der Waals surface area contributed by atoms with E-state index < -0.39 is 15.4 Å². The minimum Gasteiger partial charge on any atom is -0.383 e. The van der Waals surface area contributed by atoms with Gasteiger partial charge in [0.1, 0.15) is 15.4 Å². The van der Waals surface area contributed by atoms with Gasteiger partial charge in [0.2, 0.25) is 0 Å². The largest absolute Gasteiger partial charge is 0.383 e. The maximum atomic E-state index is 11.0. The van der Waals surface area contributed by atoms with Crippen LogP contribution in [0, 0.1) is 0 Å². The standard InChI is InChI=1S/C8H16O4S/c1-3-13(11,12)6-4-5-8(2,10)7-9/h7,10H,3-6H2,1-2H3. The molecule has 0 heterocycles. The predicted octanol–water partition coefficient (Wildman–Crippen LogP) is 0.151. The number of hydrogen-bond acceptors (Lipinski definition) is 4. The lowest BCUT2D eigenvalue weighted by atomic mass is 10.0. The van der Waals surface area contributed by atoms with Crippen molar-refractivity contribution in [1.82, 2.24) is 0 Å². The van der Waals surface area contributed by atoms with Crippen LogP contribution in [0.4, 0.5) is 0 Å². The van der Waals surface area contributed by atoms with Crippen molar-refractivity contribution in [3.63, 3.8) is 0 Å². The summed E-state index contributed by atoms with van der Waals surface area (Å²) in [5.41, 5.74) is -1.39. The van der Waals surface area contributed by atoms with E-state index in [9.17, 15) is 18.3 Å². The zero-order chi connectivity index (χ0) is 10.5. The minimum absolute atomic E-state index is 0.0352. The summed E-state index contributed by atoms with van der Waals surface area (Å²) in [7, 11) is -2.98. The van der Waals surface area contributed by atoms with Crippen molar-refractivity contribution in [2.45, 2.75) is 32.3 Å². The first-order valence-corrected chi connectivity index (χ1v) is 6.04. The molecule has 0 spiro atoms. The summed E-state index contributed by atoms with van der Waals surface area (Å²) in [4.78, 5) is 10.3. The lowest BCUT2D eigenvalue weighted by Gasteiger charge is -2.14. The topological polar surface area (TPSA) is 71.4 Å². The minimum atomic E-state index is -2.98. The molecule has 78 valence electrons. The quantitative estimate of drug-likeness (QED) is 0.631. The summed E-state index contributed by atoms with van der Waals surface area (Å²) < 4.78 is 22.0. The van der Waals surface area contributed by atoms with Crippen LogP contribution in [-0.2, 0) is 14.6 Å². The predicted molar refractivity (Wildman–Crippen MR) is 50.2 cm³/mol. The van der Waals surface area contributed by atoms with Crippen molar-refractivity contribution in [2.75, 3.05) is 11.5 Å². The molecule has 0 aliphatic rings. The Morgan fingerprint density at radius 2 is 2.00 bits per heavy atom. The van der Waals surface area contributed by atoms with E-state index in [2.05, 4.69) is 0 Å². The summed E-state index contributed by atoms with van der Waals surface area (Å²) >= 11 is 0. The first-order valence-electron chi connectivity index (χ1n) is 4.22. The molecular formula is C8H16O4S. The average molecular weight is 208 g/mol. The van der Waals surface area contributed by atoms with Crippen molar-refractivity contribution >= 4 is 16.1 Å². The molecule has 0 bridgehead atoms. The van der Waals surface area contributed by atoms with Crippen LogP contribution in [0.5, 0.6) is 0 Å². The van der Waals surface area contributed by atoms with E-state index in [1.807, 2.05) is 0 Å². The normalized spacial score (nSPS) is 16.5. The molecule has 0 rings (SSSR count). The summed E-state index contributed by atoms with van der Waals surface area (Å²) in [6.45, 7) is 2.95. The lowest BCUT2D eigenvalue weighted by Crippen LogP contribution is -2.26. The molecule has 0 aromatic heterocycles. The molecule has 0 saturated heterocycles. The maximum absolute atomic E-state index is 11.0. The van der Waals surface area contributed by atoms with Crippen LogP contribution in [-0.4, -0.2) is 36.9 Å². The van der Waals surface area contributed by atoms with Crippen LogP contribution >= 0.6 is 0 Å². The Hall–Kier alpha value is -0.420. The number of hydrogen-bond donors (Lipinski definition) is 1. The number of aliphatic hydroxyl groups is 1. The Kier molecular flexibility index (Phi) is 4.56. The van der Waals surface area contributed by atoms with Gasteiger partial charge in [0.05, 0.1) is 5.75 Å². The van der Waals surface area contributed by atoms with Crippen molar-refractivity contribution in [1.29, 1.82) is 0 Å². The highest BCUT2D eigenvalue weighted by atomic mass is 32.2. The van der Waals surface area contributed by atoms with Gasteiger partial charge in [-0.1, -0.05) is 6.92 Å². The Labute approximate surface area is 78.9 Å². The lowest BCUT2D eigenvalue weighted by molar-refractivity contribution is -0.122. The van der Waals surface area contributed by atoms with E-state index in [0.29, 0.717) is 12.7 Å². The molecule has 1 N–H and O–H groups in total. The molecule has 0 radical (unpaired) electrons. The monoisotopic (exact) mass is 208 g/mol. The molecule has 0 amide bonds. The van der Waals surface area contributed by atoms with Crippen LogP contribution in [0.15, 0.2) is 0 Å². The van der Waals surface area contributed by atoms with Crippen molar-refractivity contribution in [2.24, 2.45) is 0 Å². The Balaban J connectivity index is 3.88. The highest BCUT2D eigenvalue weighted by molar-refractivity contribution is 7.91. The summed E-state index contributed by atoms with van der Waals surface area (Å²) in [6, 6.07) is 0. The van der Waals surface area contributed by atoms with Crippen LogP contribution in [0.1, 0.15) is 26.7 Å². The molecule has 0 fully saturated rings. The third-order valence-electron chi connectivity index (χ3n) is 1.83. The number of carbonyl (C=O) groups is 1. The summed E-state index contributed by atoms with van der Waals surface area (Å²) in [6.07, 6.45) is 0.948. The van der Waals surface area contributed by atoms with Gasteiger partial charge in [0.25, 0.3) is 0 Å². The van der Waals surface area contributed by atoms with Gasteiger partial charge in [-0.3, -0.25) is 0 Å². The molecule has 5 heteroatoms. The second kappa shape index (κ2) is 4.72. The first kappa shape index (κ1) is 12.6. The molecule has 1 atom stereocenters. The van der Waals surface area contributed by atoms with Gasteiger partial charge in [-0.25, -0.2) is 8.42 Å². The van der Waals surface area contributed by atoms with Gasteiger partial charge in [-0.2, -0.15) is 0 Å². The molecule has 0 aromatic rings. The maximum Gasteiger partial charge on any atom is 0.151 e. The molecule has 13 heavy (non-hydrogen) atoms. The second-order valence-electron chi connectivity index (χ2n) is 3.31. The molecule has 0 aromatic carbocycles. The Morgan fingerprint density at radius 1 is 1.46 bits per heavy atom. The van der Waals surface area contributed by atoms with Gasteiger partial charge in [-0.05, 0) is 19.8 Å². The van der Waals surface area contributed by atoms with E-state index >= 15 is 0 Å². The van der Waals surface area contributed by atoms with E-state index in [0.717, 1.165) is 0 Å². The van der Waals surface area contributed by atoms with E-state index in [1.54, 1.807) is 6.92 Å². The Morgan fingerprint density at radius 3 is 2.38 bits per heavy atom. The van der Waals surface area contributed by atoms with Crippen molar-refractivity contribution in [3.05, 3.63) is 0 Å². The number of aldehydes is 1. The second-order valence-corrected chi connectivity index (χ2v) is 5.79. The molecule has 0 aliphatic heterocycles. The number of rotatable bonds is 6. The first-order chi connectivity index (χ1) is 5.83. The van der Waals surface area contributed by atoms with Crippen LogP contribution in [0.2, 0.25) is 0 Å². The van der Waals surface area contributed by atoms with E-state index in [4.69, 9.17) is 0 Å². The molecule has 0 saturated carbocycles. The van der Waals surface area contributed by atoms with E-state index in [1.165, 1.54) is 6.92 Å². The van der Waals surface area contributed by atoms with Gasteiger partial charge in [0.15, 0.2) is 6.29 Å². The summed E-state index contributed by atoms with van der Waals surface area (Å²) in [5, 5.41) is 9.23. The van der Waals surface area contributed by atoms with Crippen LogP contribution in [0.3, 0.4) is 0 Å². The molecule has 4 nitrogen and oxygen atoms in total. The molecule has 1 unspecified atom stereocenters. The van der Waals surface area contributed by atoms with Crippen molar-refractivity contribution < 1.29 is 18.3 Å². The van der Waals surface area contributed by atoms with Gasteiger partial charge in [0, 0.05) is 5.75 Å². The fourth-order valence-corrected chi connectivity index (χ4v) is 1.73. The smallest absolute Gasteiger partial charge is 0.151 e.